The van der Waals surface area contributed by atoms with Gasteiger partial charge >= 0.3 is 0 Å². The summed E-state index contributed by atoms with van der Waals surface area (Å²) in [5.74, 6) is 1.83. The van der Waals surface area contributed by atoms with E-state index in [4.69, 9.17) is 14.2 Å². The molecular formula is C22H33N3O3. The standard InChI is InChI=1S/C22H33N3O3/c1-23-20(24-16-22(26-2)11-13-27-14-12-22)25-18-15-21(9-5-6-10-21)28-19-8-4-3-7-17(18)19/h3-4,7-8,18H,5-6,9-16H2,1-2H3,(H2,23,24,25). The Labute approximate surface area is 168 Å². The van der Waals surface area contributed by atoms with Crippen LogP contribution in [-0.4, -0.2) is 51.1 Å². The quantitative estimate of drug-likeness (QED) is 0.614. The highest BCUT2D eigenvalue weighted by Gasteiger charge is 2.43. The van der Waals surface area contributed by atoms with Crippen molar-refractivity contribution in [2.75, 3.05) is 33.9 Å². The van der Waals surface area contributed by atoms with Gasteiger partial charge in [-0.3, -0.25) is 4.99 Å². The van der Waals surface area contributed by atoms with Crippen LogP contribution in [0.5, 0.6) is 5.75 Å². The fourth-order valence-electron chi connectivity index (χ4n) is 4.87. The van der Waals surface area contributed by atoms with Crippen molar-refractivity contribution in [1.29, 1.82) is 0 Å². The van der Waals surface area contributed by atoms with E-state index in [1.807, 2.05) is 7.05 Å². The third kappa shape index (κ3) is 3.98. The average molecular weight is 388 g/mol. The van der Waals surface area contributed by atoms with E-state index in [1.165, 1.54) is 18.4 Å². The maximum absolute atomic E-state index is 6.48. The highest BCUT2D eigenvalue weighted by atomic mass is 16.5. The fraction of sp³-hybridized carbons (Fsp3) is 0.682. The number of methoxy groups -OCH3 is 1. The molecule has 1 saturated heterocycles. The minimum absolute atomic E-state index is 0.0284. The van der Waals surface area contributed by atoms with Crippen molar-refractivity contribution in [2.45, 2.75) is 62.2 Å². The highest BCUT2D eigenvalue weighted by molar-refractivity contribution is 5.80. The smallest absolute Gasteiger partial charge is 0.191 e. The Bertz CT molecular complexity index is 694. The van der Waals surface area contributed by atoms with E-state index in [0.29, 0.717) is 0 Å². The fourth-order valence-corrected chi connectivity index (χ4v) is 4.87. The van der Waals surface area contributed by atoms with Gasteiger partial charge in [0.15, 0.2) is 5.96 Å². The van der Waals surface area contributed by atoms with Crippen LogP contribution >= 0.6 is 0 Å². The zero-order valence-corrected chi connectivity index (χ0v) is 17.1. The van der Waals surface area contributed by atoms with E-state index in [1.54, 1.807) is 7.11 Å². The first-order chi connectivity index (χ1) is 13.7. The molecule has 1 spiro atoms. The van der Waals surface area contributed by atoms with Gasteiger partial charge in [0.2, 0.25) is 0 Å². The summed E-state index contributed by atoms with van der Waals surface area (Å²) in [7, 11) is 3.62. The number of fused-ring (bicyclic) bond motifs is 1. The second-order valence-electron chi connectivity index (χ2n) is 8.36. The Morgan fingerprint density at radius 2 is 1.93 bits per heavy atom. The van der Waals surface area contributed by atoms with E-state index in [2.05, 4.69) is 39.9 Å². The maximum Gasteiger partial charge on any atom is 0.191 e. The second kappa shape index (κ2) is 8.29. The molecule has 154 valence electrons. The molecule has 6 nitrogen and oxygen atoms in total. The molecule has 28 heavy (non-hydrogen) atoms. The van der Waals surface area contributed by atoms with Gasteiger partial charge in [0, 0.05) is 58.7 Å². The van der Waals surface area contributed by atoms with E-state index in [9.17, 15) is 0 Å². The monoisotopic (exact) mass is 387 g/mol. The molecular weight excluding hydrogens is 354 g/mol. The molecule has 1 aliphatic carbocycles. The molecule has 1 aromatic carbocycles. The van der Waals surface area contributed by atoms with Gasteiger partial charge in [-0.1, -0.05) is 18.2 Å². The molecule has 2 aliphatic heterocycles. The normalized spacial score (nSPS) is 25.8. The Hall–Kier alpha value is -1.79. The number of guanidine groups is 1. The lowest BCUT2D eigenvalue weighted by molar-refractivity contribution is -0.0856. The maximum atomic E-state index is 6.48. The number of nitrogens with one attached hydrogen (secondary N) is 2. The molecule has 0 aromatic heterocycles. The summed E-state index contributed by atoms with van der Waals surface area (Å²) < 4.78 is 17.8. The summed E-state index contributed by atoms with van der Waals surface area (Å²) in [5.41, 5.74) is 1.01. The second-order valence-corrected chi connectivity index (χ2v) is 8.36. The van der Waals surface area contributed by atoms with E-state index < -0.39 is 0 Å². The van der Waals surface area contributed by atoms with Crippen LogP contribution in [0.4, 0.5) is 0 Å². The molecule has 0 amide bonds. The first kappa shape index (κ1) is 19.5. The molecule has 1 atom stereocenters. The Balaban J connectivity index is 1.46. The Morgan fingerprint density at radius 3 is 2.64 bits per heavy atom. The van der Waals surface area contributed by atoms with Crippen LogP contribution < -0.4 is 15.4 Å². The van der Waals surface area contributed by atoms with Crippen molar-refractivity contribution in [1.82, 2.24) is 10.6 Å². The van der Waals surface area contributed by atoms with Crippen LogP contribution in [0, 0.1) is 0 Å². The van der Waals surface area contributed by atoms with Crippen LogP contribution in [0.3, 0.4) is 0 Å². The van der Waals surface area contributed by atoms with E-state index in [0.717, 1.165) is 63.6 Å². The number of ether oxygens (including phenoxy) is 3. The zero-order valence-electron chi connectivity index (χ0n) is 17.1. The summed E-state index contributed by atoms with van der Waals surface area (Å²) in [6, 6.07) is 8.60. The lowest BCUT2D eigenvalue weighted by Gasteiger charge is -2.41. The third-order valence-corrected chi connectivity index (χ3v) is 6.66. The topological polar surface area (TPSA) is 64.1 Å². The molecule has 3 aliphatic rings. The van der Waals surface area contributed by atoms with Crippen molar-refractivity contribution in [3.8, 4) is 5.75 Å². The van der Waals surface area contributed by atoms with Gasteiger partial charge in [0.1, 0.15) is 11.4 Å². The van der Waals surface area contributed by atoms with Gasteiger partial charge < -0.3 is 24.8 Å². The van der Waals surface area contributed by atoms with E-state index in [-0.39, 0.29) is 17.2 Å². The molecule has 1 aromatic rings. The lowest BCUT2D eigenvalue weighted by atomic mass is 9.86. The van der Waals surface area contributed by atoms with Gasteiger partial charge in [-0.25, -0.2) is 0 Å². The predicted octanol–water partition coefficient (Wildman–Crippen LogP) is 3.18. The van der Waals surface area contributed by atoms with Crippen molar-refractivity contribution >= 4 is 5.96 Å². The summed E-state index contributed by atoms with van der Waals surface area (Å²) in [4.78, 5) is 4.49. The van der Waals surface area contributed by atoms with Crippen molar-refractivity contribution in [2.24, 2.45) is 4.99 Å². The van der Waals surface area contributed by atoms with Gasteiger partial charge in [-0.2, -0.15) is 0 Å². The van der Waals surface area contributed by atoms with Crippen LogP contribution in [-0.2, 0) is 9.47 Å². The van der Waals surface area contributed by atoms with Crippen LogP contribution in [0.1, 0.15) is 56.6 Å². The number of hydrogen-bond acceptors (Lipinski definition) is 4. The van der Waals surface area contributed by atoms with Crippen molar-refractivity contribution in [3.05, 3.63) is 29.8 Å². The molecule has 0 radical (unpaired) electrons. The Morgan fingerprint density at radius 1 is 1.18 bits per heavy atom. The molecule has 1 unspecified atom stereocenters. The molecule has 2 heterocycles. The molecule has 2 fully saturated rings. The minimum atomic E-state index is -0.184. The number of rotatable bonds is 4. The van der Waals surface area contributed by atoms with Crippen LogP contribution in [0.2, 0.25) is 0 Å². The number of nitrogens with zero attached hydrogens (tertiary/aromatic N) is 1. The first-order valence-electron chi connectivity index (χ1n) is 10.6. The van der Waals surface area contributed by atoms with E-state index >= 15 is 0 Å². The summed E-state index contributed by atoms with van der Waals surface area (Å²) in [6.07, 6.45) is 7.55. The molecule has 0 bridgehead atoms. The minimum Gasteiger partial charge on any atom is -0.487 e. The molecule has 2 N–H and O–H groups in total. The largest absolute Gasteiger partial charge is 0.487 e. The molecule has 6 heteroatoms. The average Bonchev–Trinajstić information content (AvgIpc) is 3.19. The van der Waals surface area contributed by atoms with Gasteiger partial charge in [-0.15, -0.1) is 0 Å². The van der Waals surface area contributed by atoms with Crippen LogP contribution in [0.15, 0.2) is 29.3 Å². The number of aliphatic imine (C=N–C) groups is 1. The summed E-state index contributed by atoms with van der Waals surface area (Å²) in [5, 5.41) is 7.17. The van der Waals surface area contributed by atoms with Gasteiger partial charge in [-0.05, 0) is 31.7 Å². The lowest BCUT2D eigenvalue weighted by Crippen LogP contribution is -2.52. The third-order valence-electron chi connectivity index (χ3n) is 6.66. The summed E-state index contributed by atoms with van der Waals surface area (Å²) >= 11 is 0. The number of para-hydroxylation sites is 1. The first-order valence-corrected chi connectivity index (χ1v) is 10.6. The van der Waals surface area contributed by atoms with Crippen molar-refractivity contribution < 1.29 is 14.2 Å². The Kier molecular flexibility index (Phi) is 5.78. The van der Waals surface area contributed by atoms with Gasteiger partial charge in [0.25, 0.3) is 0 Å². The summed E-state index contributed by atoms with van der Waals surface area (Å²) in [6.45, 7) is 2.22. The zero-order chi connectivity index (χ0) is 19.5. The molecule has 1 saturated carbocycles. The highest BCUT2D eigenvalue weighted by Crippen LogP contribution is 2.46. The number of benzene rings is 1. The van der Waals surface area contributed by atoms with Crippen LogP contribution in [0.25, 0.3) is 0 Å². The SMILES string of the molecule is CN=C(NCC1(OC)CCOCC1)NC1CC2(CCCC2)Oc2ccccc21. The van der Waals surface area contributed by atoms with Crippen molar-refractivity contribution in [3.63, 3.8) is 0 Å². The predicted molar refractivity (Wildman–Crippen MR) is 110 cm³/mol. The number of hydrogen-bond donors (Lipinski definition) is 2. The molecule has 4 rings (SSSR count). The van der Waals surface area contributed by atoms with Gasteiger partial charge in [0.05, 0.1) is 11.6 Å².